The van der Waals surface area contributed by atoms with Crippen molar-refractivity contribution in [3.63, 3.8) is 0 Å². The van der Waals surface area contributed by atoms with Gasteiger partial charge in [-0.25, -0.2) is 4.39 Å². The Balaban J connectivity index is 1.13. The second kappa shape index (κ2) is 11.8. The summed E-state index contributed by atoms with van der Waals surface area (Å²) in [7, 11) is 1.81. The molecule has 0 radical (unpaired) electrons. The molecule has 1 fully saturated rings. The van der Waals surface area contributed by atoms with E-state index in [9.17, 15) is 9.90 Å². The standard InChI is InChI=1S/C28H33ClFN5O3/c1-34-21(6-9-33-34)17-38-26-13-25(30)24-16-35(10-7-23(24)27(26)29)15-22(36)14-32-28(37)19-5-8-31-20(12-19)11-18-3-2-4-18/h5-6,8-9,12-13,18,22,36H,2-4,7,10-11,14-17H2,1H3,(H,32,37)/t22-/m0/s1. The number of β-amino-alcohol motifs (C(OH)–C–C–N with tert-alkyl or cyclic N) is 1. The van der Waals surface area contributed by atoms with Crippen molar-refractivity contribution >= 4 is 17.5 Å². The average Bonchev–Trinajstić information content (AvgIpc) is 3.30. The van der Waals surface area contributed by atoms with E-state index in [2.05, 4.69) is 15.4 Å². The van der Waals surface area contributed by atoms with Crippen LogP contribution in [0.15, 0.2) is 36.7 Å². The molecule has 3 heterocycles. The van der Waals surface area contributed by atoms with Crippen LogP contribution in [0, 0.1) is 11.7 Å². The highest BCUT2D eigenvalue weighted by Gasteiger charge is 2.26. The molecule has 10 heteroatoms. The van der Waals surface area contributed by atoms with Crippen LogP contribution in [0.4, 0.5) is 4.39 Å². The number of aliphatic hydroxyl groups excluding tert-OH is 1. The summed E-state index contributed by atoms with van der Waals surface area (Å²) in [4.78, 5) is 19.0. The van der Waals surface area contributed by atoms with Crippen molar-refractivity contribution < 1.29 is 19.0 Å². The number of benzene rings is 1. The SMILES string of the molecule is Cn1nccc1COc1cc(F)c2c(c1Cl)CCN(C[C@@H](O)CNC(=O)c1ccnc(CC3CCC3)c1)C2. The van der Waals surface area contributed by atoms with Crippen LogP contribution in [0.2, 0.25) is 5.02 Å². The minimum Gasteiger partial charge on any atom is -0.486 e. The number of hydrogen-bond donors (Lipinski definition) is 2. The first-order valence-corrected chi connectivity index (χ1v) is 13.5. The summed E-state index contributed by atoms with van der Waals surface area (Å²) in [6.07, 6.45) is 7.70. The number of carbonyl (C=O) groups excluding carboxylic acids is 1. The minimum atomic E-state index is -0.795. The summed E-state index contributed by atoms with van der Waals surface area (Å²) < 4.78 is 22.5. The molecule has 1 aromatic carbocycles. The monoisotopic (exact) mass is 541 g/mol. The van der Waals surface area contributed by atoms with Gasteiger partial charge >= 0.3 is 0 Å². The number of rotatable bonds is 10. The number of halogens is 2. The van der Waals surface area contributed by atoms with Crippen LogP contribution < -0.4 is 10.1 Å². The van der Waals surface area contributed by atoms with Crippen LogP contribution in [-0.4, -0.2) is 56.4 Å². The molecule has 2 aliphatic rings. The molecule has 1 atom stereocenters. The zero-order chi connectivity index (χ0) is 26.6. The molecule has 1 aliphatic heterocycles. The van der Waals surface area contributed by atoms with Gasteiger partial charge in [0.2, 0.25) is 0 Å². The number of aromatic nitrogens is 3. The largest absolute Gasteiger partial charge is 0.486 e. The van der Waals surface area contributed by atoms with Gasteiger partial charge in [-0.15, -0.1) is 0 Å². The molecule has 3 aromatic rings. The molecule has 0 unspecified atom stereocenters. The summed E-state index contributed by atoms with van der Waals surface area (Å²) in [5.74, 6) is 0.365. The number of ether oxygens (including phenoxy) is 1. The van der Waals surface area contributed by atoms with Crippen LogP contribution in [0.3, 0.4) is 0 Å². The fraction of sp³-hybridized carbons (Fsp3) is 0.464. The number of amides is 1. The van der Waals surface area contributed by atoms with E-state index in [1.165, 1.54) is 25.3 Å². The van der Waals surface area contributed by atoms with Crippen molar-refractivity contribution in [2.75, 3.05) is 19.6 Å². The van der Waals surface area contributed by atoms with Gasteiger partial charge in [-0.2, -0.15) is 5.10 Å². The molecule has 2 aromatic heterocycles. The van der Waals surface area contributed by atoms with Crippen LogP contribution in [-0.2, 0) is 33.0 Å². The maximum absolute atomic E-state index is 15.0. The number of carbonyl (C=O) groups is 1. The lowest BCUT2D eigenvalue weighted by Crippen LogP contribution is -2.42. The Bertz CT molecular complexity index is 1300. The van der Waals surface area contributed by atoms with E-state index < -0.39 is 6.10 Å². The Morgan fingerprint density at radius 1 is 1.29 bits per heavy atom. The third kappa shape index (κ3) is 6.17. The third-order valence-electron chi connectivity index (χ3n) is 7.52. The Labute approximate surface area is 226 Å². The molecule has 0 bridgehead atoms. The van der Waals surface area contributed by atoms with Crippen LogP contribution in [0.1, 0.15) is 52.1 Å². The van der Waals surface area contributed by atoms with Gasteiger partial charge < -0.3 is 15.2 Å². The normalized spacial score (nSPS) is 16.5. The van der Waals surface area contributed by atoms with Gasteiger partial charge in [0.05, 0.1) is 16.8 Å². The van der Waals surface area contributed by atoms with Gasteiger partial charge in [0.25, 0.3) is 5.91 Å². The lowest BCUT2D eigenvalue weighted by molar-refractivity contribution is 0.0839. The van der Waals surface area contributed by atoms with Gasteiger partial charge in [0, 0.05) is 68.5 Å². The summed E-state index contributed by atoms with van der Waals surface area (Å²) in [5, 5.41) is 17.9. The highest BCUT2D eigenvalue weighted by atomic mass is 35.5. The van der Waals surface area contributed by atoms with E-state index in [1.54, 1.807) is 23.1 Å². The topological polar surface area (TPSA) is 92.5 Å². The lowest BCUT2D eigenvalue weighted by atomic mass is 9.82. The summed E-state index contributed by atoms with van der Waals surface area (Å²) in [6, 6.07) is 6.68. The minimum absolute atomic E-state index is 0.104. The van der Waals surface area contributed by atoms with E-state index in [1.807, 2.05) is 24.1 Å². The van der Waals surface area contributed by atoms with Gasteiger partial charge in [-0.05, 0) is 42.5 Å². The van der Waals surface area contributed by atoms with Crippen molar-refractivity contribution in [2.45, 2.75) is 51.4 Å². The zero-order valence-electron chi connectivity index (χ0n) is 21.5. The molecular formula is C28H33ClFN5O3. The lowest BCUT2D eigenvalue weighted by Gasteiger charge is -2.31. The average molecular weight is 542 g/mol. The third-order valence-corrected chi connectivity index (χ3v) is 7.93. The molecule has 8 nitrogen and oxygen atoms in total. The number of nitrogens with one attached hydrogen (secondary N) is 1. The molecule has 1 saturated carbocycles. The number of nitrogens with zero attached hydrogens (tertiary/aromatic N) is 4. The predicted molar refractivity (Wildman–Crippen MR) is 142 cm³/mol. The highest BCUT2D eigenvalue weighted by Crippen LogP contribution is 2.36. The number of pyridine rings is 1. The molecule has 0 saturated heterocycles. The quantitative estimate of drug-likeness (QED) is 0.407. The number of fused-ring (bicyclic) bond motifs is 1. The fourth-order valence-electron chi connectivity index (χ4n) is 5.05. The molecule has 2 N–H and O–H groups in total. The van der Waals surface area contributed by atoms with Crippen molar-refractivity contribution in [1.29, 1.82) is 0 Å². The van der Waals surface area contributed by atoms with E-state index in [0.29, 0.717) is 53.9 Å². The van der Waals surface area contributed by atoms with E-state index >= 15 is 4.39 Å². The molecular weight excluding hydrogens is 509 g/mol. The molecule has 202 valence electrons. The summed E-state index contributed by atoms with van der Waals surface area (Å²) >= 11 is 6.59. The second-order valence-corrected chi connectivity index (χ2v) is 10.6. The first kappa shape index (κ1) is 26.6. The van der Waals surface area contributed by atoms with Gasteiger partial charge in [-0.1, -0.05) is 30.9 Å². The molecule has 1 aliphatic carbocycles. The zero-order valence-corrected chi connectivity index (χ0v) is 22.3. The Morgan fingerprint density at radius 2 is 2.13 bits per heavy atom. The van der Waals surface area contributed by atoms with Crippen LogP contribution in [0.25, 0.3) is 0 Å². The van der Waals surface area contributed by atoms with Gasteiger partial charge in [0.15, 0.2) is 0 Å². The van der Waals surface area contributed by atoms with Crippen molar-refractivity contribution in [3.8, 4) is 5.75 Å². The highest BCUT2D eigenvalue weighted by molar-refractivity contribution is 6.33. The number of aliphatic hydroxyl groups is 1. The molecule has 0 spiro atoms. The van der Waals surface area contributed by atoms with Gasteiger partial charge in [-0.3, -0.25) is 19.4 Å². The summed E-state index contributed by atoms with van der Waals surface area (Å²) in [6.45, 7) is 1.57. The molecule has 5 rings (SSSR count). The number of hydrogen-bond acceptors (Lipinski definition) is 6. The smallest absolute Gasteiger partial charge is 0.251 e. The maximum Gasteiger partial charge on any atom is 0.251 e. The Hall–Kier alpha value is -3.01. The first-order chi connectivity index (χ1) is 18.4. The fourth-order valence-corrected chi connectivity index (χ4v) is 5.37. The predicted octanol–water partition coefficient (Wildman–Crippen LogP) is 3.68. The van der Waals surface area contributed by atoms with E-state index in [-0.39, 0.29) is 24.9 Å². The first-order valence-electron chi connectivity index (χ1n) is 13.1. The van der Waals surface area contributed by atoms with Crippen molar-refractivity contribution in [2.24, 2.45) is 13.0 Å². The van der Waals surface area contributed by atoms with Crippen LogP contribution >= 0.6 is 11.6 Å². The van der Waals surface area contributed by atoms with E-state index in [0.717, 1.165) is 23.4 Å². The number of aryl methyl sites for hydroxylation is 1. The Morgan fingerprint density at radius 3 is 2.87 bits per heavy atom. The van der Waals surface area contributed by atoms with E-state index in [4.69, 9.17) is 16.3 Å². The van der Waals surface area contributed by atoms with Crippen molar-refractivity contribution in [3.05, 3.63) is 75.6 Å². The molecule has 38 heavy (non-hydrogen) atoms. The van der Waals surface area contributed by atoms with Crippen molar-refractivity contribution in [1.82, 2.24) is 25.0 Å². The maximum atomic E-state index is 15.0. The second-order valence-electron chi connectivity index (χ2n) is 10.2. The van der Waals surface area contributed by atoms with Crippen LogP contribution in [0.5, 0.6) is 5.75 Å². The van der Waals surface area contributed by atoms with Gasteiger partial charge in [0.1, 0.15) is 18.2 Å². The Kier molecular flexibility index (Phi) is 8.26. The molecule has 1 amide bonds. The summed E-state index contributed by atoms with van der Waals surface area (Å²) in [5.41, 5.74) is 3.58.